The number of piperazine rings is 1. The van der Waals surface area contributed by atoms with Crippen LogP contribution in [0.1, 0.15) is 38.2 Å². The van der Waals surface area contributed by atoms with Crippen molar-refractivity contribution >= 4 is 11.8 Å². The van der Waals surface area contributed by atoms with Crippen LogP contribution in [0, 0.1) is 5.92 Å². The van der Waals surface area contributed by atoms with Crippen LogP contribution in [0.2, 0.25) is 0 Å². The van der Waals surface area contributed by atoms with Gasteiger partial charge in [0.05, 0.1) is 0 Å². The Labute approximate surface area is 156 Å². The monoisotopic (exact) mass is 357 g/mol. The average molecular weight is 357 g/mol. The summed E-state index contributed by atoms with van der Waals surface area (Å²) in [5, 5.41) is 0. The van der Waals surface area contributed by atoms with Crippen molar-refractivity contribution in [2.24, 2.45) is 5.92 Å². The highest BCUT2D eigenvalue weighted by atomic mass is 16.2. The average Bonchev–Trinajstić information content (AvgIpc) is 2.69. The molecular weight excluding hydrogens is 326 g/mol. The fraction of sp³-hybridized carbons (Fsp3) is 0.619. The molecule has 0 bridgehead atoms. The van der Waals surface area contributed by atoms with Gasteiger partial charge in [0.1, 0.15) is 0 Å². The molecule has 1 aromatic rings. The first-order chi connectivity index (χ1) is 12.7. The summed E-state index contributed by atoms with van der Waals surface area (Å²) in [7, 11) is 0. The molecular formula is C21H31N3O2. The summed E-state index contributed by atoms with van der Waals surface area (Å²) in [6.45, 7) is 7.99. The molecule has 2 heterocycles. The van der Waals surface area contributed by atoms with E-state index >= 15 is 0 Å². The zero-order valence-electron chi connectivity index (χ0n) is 15.9. The highest BCUT2D eigenvalue weighted by Crippen LogP contribution is 2.21. The van der Waals surface area contributed by atoms with Gasteiger partial charge in [-0.15, -0.1) is 0 Å². The van der Waals surface area contributed by atoms with E-state index in [0.29, 0.717) is 12.3 Å². The minimum absolute atomic E-state index is 0.0985. The molecule has 0 unspecified atom stereocenters. The maximum absolute atomic E-state index is 12.8. The molecule has 2 amide bonds. The van der Waals surface area contributed by atoms with Crippen molar-refractivity contribution in [2.75, 3.05) is 39.3 Å². The van der Waals surface area contributed by atoms with E-state index in [0.717, 1.165) is 65.1 Å². The van der Waals surface area contributed by atoms with Gasteiger partial charge in [-0.2, -0.15) is 0 Å². The third-order valence-electron chi connectivity index (χ3n) is 5.59. The minimum Gasteiger partial charge on any atom is -0.343 e. The van der Waals surface area contributed by atoms with Crippen molar-refractivity contribution in [3.05, 3.63) is 35.9 Å². The zero-order valence-corrected chi connectivity index (χ0v) is 15.9. The van der Waals surface area contributed by atoms with Crippen molar-refractivity contribution in [1.29, 1.82) is 0 Å². The molecule has 0 radical (unpaired) electrons. The number of piperidine rings is 1. The highest BCUT2D eigenvalue weighted by molar-refractivity contribution is 5.80. The summed E-state index contributed by atoms with van der Waals surface area (Å²) in [6, 6.07) is 10.5. The Hall–Kier alpha value is -1.88. The smallest absolute Gasteiger partial charge is 0.225 e. The number of hydrogen-bond donors (Lipinski definition) is 0. The first-order valence-electron chi connectivity index (χ1n) is 10.00. The van der Waals surface area contributed by atoms with E-state index < -0.39 is 0 Å². The Morgan fingerprint density at radius 2 is 1.58 bits per heavy atom. The molecule has 26 heavy (non-hydrogen) atoms. The van der Waals surface area contributed by atoms with Crippen LogP contribution >= 0.6 is 0 Å². The summed E-state index contributed by atoms with van der Waals surface area (Å²) < 4.78 is 0. The molecule has 142 valence electrons. The predicted molar refractivity (Wildman–Crippen MR) is 103 cm³/mol. The number of benzene rings is 1. The number of amides is 2. The maximum Gasteiger partial charge on any atom is 0.225 e. The van der Waals surface area contributed by atoms with Crippen molar-refractivity contribution in [1.82, 2.24) is 14.7 Å². The van der Waals surface area contributed by atoms with Gasteiger partial charge in [-0.1, -0.05) is 37.3 Å². The molecule has 2 aliphatic heterocycles. The van der Waals surface area contributed by atoms with E-state index in [2.05, 4.69) is 29.2 Å². The van der Waals surface area contributed by atoms with Crippen molar-refractivity contribution < 1.29 is 9.59 Å². The van der Waals surface area contributed by atoms with Crippen LogP contribution in [-0.2, 0) is 16.1 Å². The molecule has 0 N–H and O–H groups in total. The number of nitrogens with zero attached hydrogens (tertiary/aromatic N) is 3. The molecule has 3 rings (SSSR count). The van der Waals surface area contributed by atoms with Crippen LogP contribution in [0.4, 0.5) is 0 Å². The van der Waals surface area contributed by atoms with E-state index in [1.807, 2.05) is 22.8 Å². The Morgan fingerprint density at radius 3 is 2.19 bits per heavy atom. The van der Waals surface area contributed by atoms with E-state index in [-0.39, 0.29) is 11.8 Å². The fourth-order valence-corrected chi connectivity index (χ4v) is 3.97. The maximum atomic E-state index is 12.8. The van der Waals surface area contributed by atoms with Gasteiger partial charge in [-0.05, 0) is 24.8 Å². The second kappa shape index (κ2) is 9.17. The normalized spacial score (nSPS) is 19.6. The summed E-state index contributed by atoms with van der Waals surface area (Å²) in [6.07, 6.45) is 3.16. The van der Waals surface area contributed by atoms with Gasteiger partial charge in [0.15, 0.2) is 0 Å². The minimum atomic E-state index is 0.0985. The van der Waals surface area contributed by atoms with Gasteiger partial charge >= 0.3 is 0 Å². The lowest BCUT2D eigenvalue weighted by molar-refractivity contribution is -0.142. The van der Waals surface area contributed by atoms with Gasteiger partial charge in [-0.25, -0.2) is 0 Å². The molecule has 0 saturated carbocycles. The Balaban J connectivity index is 1.42. The van der Waals surface area contributed by atoms with Gasteiger partial charge in [0, 0.05) is 58.2 Å². The molecule has 0 spiro atoms. The first kappa shape index (κ1) is 18.9. The van der Waals surface area contributed by atoms with Crippen molar-refractivity contribution in [3.8, 4) is 0 Å². The lowest BCUT2D eigenvalue weighted by Gasteiger charge is -2.38. The number of hydrogen-bond acceptors (Lipinski definition) is 3. The third kappa shape index (κ3) is 4.85. The van der Waals surface area contributed by atoms with Gasteiger partial charge in [-0.3, -0.25) is 14.5 Å². The Kier molecular flexibility index (Phi) is 6.67. The molecule has 5 nitrogen and oxygen atoms in total. The molecule has 2 saturated heterocycles. The molecule has 1 aromatic carbocycles. The Morgan fingerprint density at radius 1 is 0.923 bits per heavy atom. The lowest BCUT2D eigenvalue weighted by Crippen LogP contribution is -2.51. The zero-order chi connectivity index (χ0) is 18.4. The van der Waals surface area contributed by atoms with Gasteiger partial charge in [0.25, 0.3) is 0 Å². The van der Waals surface area contributed by atoms with Gasteiger partial charge in [0.2, 0.25) is 11.8 Å². The quantitative estimate of drug-likeness (QED) is 0.813. The standard InChI is InChI=1S/C21H31N3O2/c1-2-6-20(25)23-11-9-19(10-12-23)21(26)24-15-13-22(14-16-24)17-18-7-4-3-5-8-18/h3-5,7-8,19H,2,6,9-17H2,1H3. The van der Waals surface area contributed by atoms with Crippen LogP contribution in [0.5, 0.6) is 0 Å². The Bertz CT molecular complexity index is 589. The van der Waals surface area contributed by atoms with Gasteiger partial charge < -0.3 is 9.80 Å². The lowest BCUT2D eigenvalue weighted by atomic mass is 9.94. The second-order valence-electron chi connectivity index (χ2n) is 7.49. The molecule has 0 atom stereocenters. The number of rotatable bonds is 5. The number of carbonyl (C=O) groups excluding carboxylic acids is 2. The van der Waals surface area contributed by atoms with Crippen molar-refractivity contribution in [3.63, 3.8) is 0 Å². The van der Waals surface area contributed by atoms with E-state index in [1.165, 1.54) is 5.56 Å². The number of likely N-dealkylation sites (tertiary alicyclic amines) is 1. The van der Waals surface area contributed by atoms with E-state index in [1.54, 1.807) is 0 Å². The molecule has 5 heteroatoms. The van der Waals surface area contributed by atoms with E-state index in [4.69, 9.17) is 0 Å². The van der Waals surface area contributed by atoms with Crippen molar-refractivity contribution in [2.45, 2.75) is 39.2 Å². The summed E-state index contributed by atoms with van der Waals surface area (Å²) in [5.74, 6) is 0.640. The molecule has 2 fully saturated rings. The van der Waals surface area contributed by atoms with Crippen LogP contribution in [0.15, 0.2) is 30.3 Å². The number of carbonyl (C=O) groups is 2. The van der Waals surface area contributed by atoms with Crippen LogP contribution < -0.4 is 0 Å². The highest BCUT2D eigenvalue weighted by Gasteiger charge is 2.31. The van der Waals surface area contributed by atoms with E-state index in [9.17, 15) is 9.59 Å². The predicted octanol–water partition coefficient (Wildman–Crippen LogP) is 2.37. The van der Waals surface area contributed by atoms with Crippen LogP contribution in [-0.4, -0.2) is 65.8 Å². The molecule has 0 aromatic heterocycles. The fourth-order valence-electron chi connectivity index (χ4n) is 3.97. The summed E-state index contributed by atoms with van der Waals surface area (Å²) in [5.41, 5.74) is 1.33. The van der Waals surface area contributed by atoms with Crippen LogP contribution in [0.25, 0.3) is 0 Å². The molecule has 2 aliphatic rings. The summed E-state index contributed by atoms with van der Waals surface area (Å²) >= 11 is 0. The third-order valence-corrected chi connectivity index (χ3v) is 5.59. The first-order valence-corrected chi connectivity index (χ1v) is 10.00. The topological polar surface area (TPSA) is 43.9 Å². The van der Waals surface area contributed by atoms with Crippen LogP contribution in [0.3, 0.4) is 0 Å². The SMILES string of the molecule is CCCC(=O)N1CCC(C(=O)N2CCN(Cc3ccccc3)CC2)CC1. The summed E-state index contributed by atoms with van der Waals surface area (Å²) in [4.78, 5) is 31.2. The second-order valence-corrected chi connectivity index (χ2v) is 7.49. The molecule has 0 aliphatic carbocycles. The largest absolute Gasteiger partial charge is 0.343 e.